The standard InChI is InChI=1S/C18H36O2S2.CH5N/c1-14(2)6-4-7-15(3)8-5-9-16-10-11-17(13-19-21)18(12-16)20-22;1-2/h14-18,21-22H,4-13H2,1-3H3;2H2,1H3. The summed E-state index contributed by atoms with van der Waals surface area (Å²) < 4.78 is 10.4. The number of thiol groups is 2. The summed E-state index contributed by atoms with van der Waals surface area (Å²) in [6.07, 6.45) is 12.1. The van der Waals surface area contributed by atoms with Gasteiger partial charge in [0.1, 0.15) is 0 Å². The van der Waals surface area contributed by atoms with Crippen LogP contribution in [0.4, 0.5) is 0 Å². The van der Waals surface area contributed by atoms with E-state index in [4.69, 9.17) is 8.37 Å². The molecule has 4 atom stereocenters. The van der Waals surface area contributed by atoms with Crippen LogP contribution in [0, 0.1) is 23.7 Å². The molecule has 146 valence electrons. The Morgan fingerprint density at radius 2 is 1.67 bits per heavy atom. The quantitative estimate of drug-likeness (QED) is 0.318. The van der Waals surface area contributed by atoms with Crippen molar-refractivity contribution in [1.29, 1.82) is 0 Å². The van der Waals surface area contributed by atoms with Crippen LogP contribution in [0.1, 0.15) is 78.6 Å². The molecule has 24 heavy (non-hydrogen) atoms. The van der Waals surface area contributed by atoms with Gasteiger partial charge in [0, 0.05) is 5.92 Å². The fraction of sp³-hybridized carbons (Fsp3) is 1.00. The topological polar surface area (TPSA) is 44.5 Å². The maximum Gasteiger partial charge on any atom is 0.0772 e. The lowest BCUT2D eigenvalue weighted by atomic mass is 9.78. The van der Waals surface area contributed by atoms with Crippen LogP contribution < -0.4 is 5.73 Å². The summed E-state index contributed by atoms with van der Waals surface area (Å²) in [6.45, 7) is 7.73. The molecule has 4 unspecified atom stereocenters. The highest BCUT2D eigenvalue weighted by Gasteiger charge is 2.30. The molecule has 1 fully saturated rings. The van der Waals surface area contributed by atoms with E-state index in [-0.39, 0.29) is 6.10 Å². The Balaban J connectivity index is 0.00000254. The number of hydrogen-bond acceptors (Lipinski definition) is 5. The van der Waals surface area contributed by atoms with E-state index in [9.17, 15) is 0 Å². The molecule has 0 heterocycles. The van der Waals surface area contributed by atoms with Crippen LogP contribution in [0.2, 0.25) is 0 Å². The molecule has 0 aliphatic heterocycles. The van der Waals surface area contributed by atoms with Gasteiger partial charge in [0.25, 0.3) is 0 Å². The molecule has 0 aromatic rings. The number of rotatable bonds is 11. The van der Waals surface area contributed by atoms with Crippen molar-refractivity contribution >= 4 is 25.8 Å². The SMILES string of the molecule is CC(C)CCCC(C)CCCC1CCC(COS)C(OS)C1.CN. The first-order valence-corrected chi connectivity index (χ1v) is 10.4. The van der Waals surface area contributed by atoms with Gasteiger partial charge in [-0.25, -0.2) is 0 Å². The fourth-order valence-corrected chi connectivity index (χ4v) is 4.18. The molecule has 0 saturated heterocycles. The minimum atomic E-state index is 0.234. The molecule has 0 bridgehead atoms. The lowest BCUT2D eigenvalue weighted by Crippen LogP contribution is -2.32. The molecule has 0 aromatic heterocycles. The predicted octanol–water partition coefficient (Wildman–Crippen LogP) is 5.70. The van der Waals surface area contributed by atoms with Crippen molar-refractivity contribution in [2.24, 2.45) is 29.4 Å². The second-order valence-corrected chi connectivity index (χ2v) is 8.21. The van der Waals surface area contributed by atoms with Crippen molar-refractivity contribution < 1.29 is 8.37 Å². The minimum Gasteiger partial charge on any atom is -0.333 e. The van der Waals surface area contributed by atoms with Gasteiger partial charge in [-0.05, 0) is 69.9 Å². The van der Waals surface area contributed by atoms with Crippen LogP contribution in [0.25, 0.3) is 0 Å². The van der Waals surface area contributed by atoms with Gasteiger partial charge in [-0.3, -0.25) is 0 Å². The van der Waals surface area contributed by atoms with Crippen LogP contribution in [0.5, 0.6) is 0 Å². The molecule has 1 rings (SSSR count). The zero-order chi connectivity index (χ0) is 18.4. The van der Waals surface area contributed by atoms with E-state index >= 15 is 0 Å². The monoisotopic (exact) mass is 379 g/mol. The van der Waals surface area contributed by atoms with E-state index in [1.807, 2.05) is 0 Å². The Hall–Kier alpha value is 0.580. The highest BCUT2D eigenvalue weighted by Crippen LogP contribution is 2.35. The lowest BCUT2D eigenvalue weighted by Gasteiger charge is -2.34. The Kier molecular flexibility index (Phi) is 16.2. The molecule has 0 aromatic carbocycles. The molecule has 3 nitrogen and oxygen atoms in total. The van der Waals surface area contributed by atoms with Gasteiger partial charge in [0.15, 0.2) is 0 Å². The van der Waals surface area contributed by atoms with Crippen LogP contribution in [0.15, 0.2) is 0 Å². The number of nitrogens with two attached hydrogens (primary N) is 1. The first kappa shape index (κ1) is 24.6. The van der Waals surface area contributed by atoms with Crippen molar-refractivity contribution in [3.8, 4) is 0 Å². The maximum atomic E-state index is 5.37. The third kappa shape index (κ3) is 11.2. The molecular weight excluding hydrogens is 338 g/mol. The van der Waals surface area contributed by atoms with Gasteiger partial charge < -0.3 is 14.1 Å². The maximum absolute atomic E-state index is 5.37. The zero-order valence-electron chi connectivity index (χ0n) is 16.2. The van der Waals surface area contributed by atoms with Gasteiger partial charge in [0.2, 0.25) is 0 Å². The van der Waals surface area contributed by atoms with Crippen molar-refractivity contribution in [2.45, 2.75) is 84.7 Å². The third-order valence-corrected chi connectivity index (χ3v) is 5.67. The first-order valence-electron chi connectivity index (χ1n) is 9.71. The predicted molar refractivity (Wildman–Crippen MR) is 111 cm³/mol. The molecule has 0 amide bonds. The summed E-state index contributed by atoms with van der Waals surface area (Å²) in [5, 5.41) is 0. The Morgan fingerprint density at radius 1 is 1.00 bits per heavy atom. The molecule has 1 aliphatic carbocycles. The number of hydrogen-bond donors (Lipinski definition) is 3. The summed E-state index contributed by atoms with van der Waals surface area (Å²) in [5.74, 6) is 2.99. The average molecular weight is 380 g/mol. The Morgan fingerprint density at radius 3 is 2.25 bits per heavy atom. The van der Waals surface area contributed by atoms with E-state index in [0.717, 1.165) is 24.2 Å². The molecule has 5 heteroatoms. The highest BCUT2D eigenvalue weighted by molar-refractivity contribution is 7.75. The second-order valence-electron chi connectivity index (χ2n) is 7.74. The smallest absolute Gasteiger partial charge is 0.0772 e. The van der Waals surface area contributed by atoms with Crippen LogP contribution in [-0.2, 0) is 8.37 Å². The van der Waals surface area contributed by atoms with Crippen LogP contribution in [-0.4, -0.2) is 19.8 Å². The largest absolute Gasteiger partial charge is 0.333 e. The molecule has 1 saturated carbocycles. The summed E-state index contributed by atoms with van der Waals surface area (Å²) in [4.78, 5) is 0. The molecular formula is C19H41NO2S2. The summed E-state index contributed by atoms with van der Waals surface area (Å²) in [5.41, 5.74) is 4.50. The fourth-order valence-electron chi connectivity index (χ4n) is 3.73. The summed E-state index contributed by atoms with van der Waals surface area (Å²) >= 11 is 7.93. The van der Waals surface area contributed by atoms with Gasteiger partial charge in [0.05, 0.1) is 12.7 Å². The first-order chi connectivity index (χ1) is 11.6. The van der Waals surface area contributed by atoms with Crippen LogP contribution in [0.3, 0.4) is 0 Å². The normalized spacial score (nSPS) is 25.2. The minimum absolute atomic E-state index is 0.234. The zero-order valence-corrected chi connectivity index (χ0v) is 18.0. The van der Waals surface area contributed by atoms with Crippen molar-refractivity contribution in [1.82, 2.24) is 0 Å². The van der Waals surface area contributed by atoms with E-state index in [1.165, 1.54) is 58.4 Å². The Bertz CT molecular complexity index is 280. The van der Waals surface area contributed by atoms with Gasteiger partial charge in [-0.15, -0.1) is 0 Å². The molecule has 0 spiro atoms. The summed E-state index contributed by atoms with van der Waals surface area (Å²) in [6, 6.07) is 0. The van der Waals surface area contributed by atoms with Gasteiger partial charge in [-0.2, -0.15) is 0 Å². The molecule has 0 radical (unpaired) electrons. The summed E-state index contributed by atoms with van der Waals surface area (Å²) in [7, 11) is 1.50. The van der Waals surface area contributed by atoms with Crippen molar-refractivity contribution in [3.63, 3.8) is 0 Å². The third-order valence-electron chi connectivity index (χ3n) is 5.25. The lowest BCUT2D eigenvalue weighted by molar-refractivity contribution is 0.0579. The van der Waals surface area contributed by atoms with E-state index in [0.29, 0.717) is 12.5 Å². The van der Waals surface area contributed by atoms with Crippen LogP contribution >= 0.6 is 25.8 Å². The van der Waals surface area contributed by atoms with E-state index < -0.39 is 0 Å². The van der Waals surface area contributed by atoms with Crippen molar-refractivity contribution in [3.05, 3.63) is 0 Å². The Labute approximate surface area is 162 Å². The van der Waals surface area contributed by atoms with E-state index in [2.05, 4.69) is 52.3 Å². The second kappa shape index (κ2) is 15.8. The van der Waals surface area contributed by atoms with Gasteiger partial charge >= 0.3 is 0 Å². The average Bonchev–Trinajstić information content (AvgIpc) is 2.57. The van der Waals surface area contributed by atoms with Gasteiger partial charge in [-0.1, -0.05) is 59.3 Å². The molecule has 1 aliphatic rings. The highest BCUT2D eigenvalue weighted by atomic mass is 32.1. The molecule has 2 N–H and O–H groups in total. The van der Waals surface area contributed by atoms with Crippen molar-refractivity contribution in [2.75, 3.05) is 13.7 Å². The van der Waals surface area contributed by atoms with E-state index in [1.54, 1.807) is 0 Å².